The van der Waals surface area contributed by atoms with Gasteiger partial charge in [-0.2, -0.15) is 0 Å². The highest BCUT2D eigenvalue weighted by atomic mass is 32.2. The van der Waals surface area contributed by atoms with Crippen molar-refractivity contribution >= 4 is 15.7 Å². The number of carbonyl (C=O) groups excluding carboxylic acids is 1. The molecule has 18 heavy (non-hydrogen) atoms. The van der Waals surface area contributed by atoms with Crippen molar-refractivity contribution < 1.29 is 13.2 Å². The molecular formula is C13H19NO3S. The number of hydrogen-bond donors (Lipinski definition) is 1. The van der Waals surface area contributed by atoms with Gasteiger partial charge in [0, 0.05) is 17.9 Å². The second-order valence-corrected chi connectivity index (χ2v) is 6.92. The Bertz CT molecular complexity index is 506. The molecule has 100 valence electrons. The van der Waals surface area contributed by atoms with Crippen LogP contribution in [0, 0.1) is 6.92 Å². The third-order valence-electron chi connectivity index (χ3n) is 2.61. The van der Waals surface area contributed by atoms with Crippen molar-refractivity contribution in [2.24, 2.45) is 0 Å². The highest BCUT2D eigenvalue weighted by Gasteiger charge is 2.11. The minimum atomic E-state index is -2.98. The number of carbonyl (C=O) groups is 1. The van der Waals surface area contributed by atoms with E-state index in [4.69, 9.17) is 0 Å². The van der Waals surface area contributed by atoms with E-state index in [-0.39, 0.29) is 17.7 Å². The summed E-state index contributed by atoms with van der Waals surface area (Å²) in [5.74, 6) is -0.0847. The van der Waals surface area contributed by atoms with Crippen molar-refractivity contribution in [2.75, 3.05) is 12.0 Å². The van der Waals surface area contributed by atoms with Crippen molar-refractivity contribution in [2.45, 2.75) is 26.3 Å². The van der Waals surface area contributed by atoms with Gasteiger partial charge in [0.1, 0.15) is 9.84 Å². The summed E-state index contributed by atoms with van der Waals surface area (Å²) in [4.78, 5) is 11.8. The normalized spacial score (nSPS) is 13.1. The summed E-state index contributed by atoms with van der Waals surface area (Å²) in [7, 11) is -2.98. The van der Waals surface area contributed by atoms with E-state index in [0.29, 0.717) is 12.0 Å². The molecule has 0 radical (unpaired) electrons. The molecule has 1 rings (SSSR count). The first-order valence-corrected chi connectivity index (χ1v) is 7.89. The van der Waals surface area contributed by atoms with Gasteiger partial charge in [0.05, 0.1) is 5.75 Å². The standard InChI is InChI=1S/C13H19NO3S/c1-10-4-6-12(7-5-10)13(15)14-11(2)8-9-18(3,16)17/h4-7,11H,8-9H2,1-3H3,(H,14,15)/t11-/m0/s1. The summed E-state index contributed by atoms with van der Waals surface area (Å²) < 4.78 is 22.0. The van der Waals surface area contributed by atoms with Gasteiger partial charge >= 0.3 is 0 Å². The van der Waals surface area contributed by atoms with Gasteiger partial charge in [0.15, 0.2) is 0 Å². The van der Waals surface area contributed by atoms with Gasteiger partial charge in [0.2, 0.25) is 0 Å². The summed E-state index contributed by atoms with van der Waals surface area (Å²) in [5.41, 5.74) is 1.68. The van der Waals surface area contributed by atoms with Crippen LogP contribution >= 0.6 is 0 Å². The molecule has 0 aliphatic carbocycles. The summed E-state index contributed by atoms with van der Waals surface area (Å²) in [6.07, 6.45) is 1.62. The number of rotatable bonds is 5. The molecule has 1 atom stereocenters. The van der Waals surface area contributed by atoms with Gasteiger partial charge in [-0.15, -0.1) is 0 Å². The molecule has 0 aliphatic heterocycles. The molecule has 0 bridgehead atoms. The molecule has 1 amide bonds. The van der Waals surface area contributed by atoms with Crippen molar-refractivity contribution in [3.05, 3.63) is 35.4 Å². The number of hydrogen-bond acceptors (Lipinski definition) is 3. The minimum absolute atomic E-state index is 0.0857. The van der Waals surface area contributed by atoms with Crippen molar-refractivity contribution in [3.63, 3.8) is 0 Å². The summed E-state index contributed by atoms with van der Waals surface area (Å²) in [6.45, 7) is 3.76. The fourth-order valence-corrected chi connectivity index (χ4v) is 2.26. The van der Waals surface area contributed by atoms with Gasteiger partial charge in [-0.1, -0.05) is 17.7 Å². The molecule has 0 heterocycles. The predicted molar refractivity (Wildman–Crippen MR) is 72.4 cm³/mol. The third-order valence-corrected chi connectivity index (χ3v) is 3.59. The van der Waals surface area contributed by atoms with Gasteiger partial charge in [0.25, 0.3) is 5.91 Å². The Labute approximate surface area is 108 Å². The Kier molecular flexibility index (Phi) is 4.90. The van der Waals surface area contributed by atoms with Crippen LogP contribution in [0.1, 0.15) is 29.3 Å². The molecule has 0 aliphatic rings. The first-order chi connectivity index (χ1) is 8.28. The maximum atomic E-state index is 11.8. The van der Waals surface area contributed by atoms with Gasteiger partial charge in [-0.05, 0) is 32.4 Å². The monoisotopic (exact) mass is 269 g/mol. The molecule has 1 aromatic rings. The smallest absolute Gasteiger partial charge is 0.251 e. The van der Waals surface area contributed by atoms with Gasteiger partial charge in [-0.25, -0.2) is 8.42 Å². The molecule has 1 N–H and O–H groups in total. The van der Waals surface area contributed by atoms with E-state index < -0.39 is 9.84 Å². The van der Waals surface area contributed by atoms with Crippen LogP contribution in [0.15, 0.2) is 24.3 Å². The van der Waals surface area contributed by atoms with Gasteiger partial charge < -0.3 is 5.32 Å². The quantitative estimate of drug-likeness (QED) is 0.882. The van der Waals surface area contributed by atoms with Crippen molar-refractivity contribution in [1.82, 2.24) is 5.32 Å². The van der Waals surface area contributed by atoms with Crippen LogP contribution in [0.3, 0.4) is 0 Å². The lowest BCUT2D eigenvalue weighted by atomic mass is 10.1. The zero-order valence-corrected chi connectivity index (χ0v) is 11.8. The number of sulfone groups is 1. The molecule has 0 saturated carbocycles. The van der Waals surface area contributed by atoms with E-state index in [9.17, 15) is 13.2 Å². The lowest BCUT2D eigenvalue weighted by Gasteiger charge is -2.13. The topological polar surface area (TPSA) is 63.2 Å². The van der Waals surface area contributed by atoms with E-state index >= 15 is 0 Å². The summed E-state index contributed by atoms with van der Waals surface area (Å²) >= 11 is 0. The van der Waals surface area contributed by atoms with Crippen molar-refractivity contribution in [1.29, 1.82) is 0 Å². The lowest BCUT2D eigenvalue weighted by Crippen LogP contribution is -2.33. The largest absolute Gasteiger partial charge is 0.350 e. The average molecular weight is 269 g/mol. The minimum Gasteiger partial charge on any atom is -0.350 e. The van der Waals surface area contributed by atoms with E-state index in [1.54, 1.807) is 19.1 Å². The Morgan fingerprint density at radius 1 is 1.28 bits per heavy atom. The second kappa shape index (κ2) is 6.00. The van der Waals surface area contributed by atoms with Crippen LogP contribution in [0.25, 0.3) is 0 Å². The molecule has 4 nitrogen and oxygen atoms in total. The van der Waals surface area contributed by atoms with Crippen LogP contribution in [0.2, 0.25) is 0 Å². The molecule has 0 spiro atoms. The maximum absolute atomic E-state index is 11.8. The molecule has 0 unspecified atom stereocenters. The number of amides is 1. The van der Waals surface area contributed by atoms with Crippen LogP contribution < -0.4 is 5.32 Å². The zero-order valence-electron chi connectivity index (χ0n) is 10.9. The van der Waals surface area contributed by atoms with E-state index in [1.165, 1.54) is 6.26 Å². The Morgan fingerprint density at radius 3 is 2.33 bits per heavy atom. The Hall–Kier alpha value is -1.36. The molecule has 5 heteroatoms. The molecule has 1 aromatic carbocycles. The first kappa shape index (κ1) is 14.7. The highest BCUT2D eigenvalue weighted by molar-refractivity contribution is 7.90. The zero-order chi connectivity index (χ0) is 13.8. The first-order valence-electron chi connectivity index (χ1n) is 5.83. The number of aryl methyl sites for hydroxylation is 1. The van der Waals surface area contributed by atoms with Crippen LogP contribution in [-0.4, -0.2) is 32.4 Å². The predicted octanol–water partition coefficient (Wildman–Crippen LogP) is 1.55. The SMILES string of the molecule is Cc1ccc(C(=O)N[C@@H](C)CCS(C)(=O)=O)cc1. The molecule has 0 fully saturated rings. The Balaban J connectivity index is 2.52. The average Bonchev–Trinajstić information content (AvgIpc) is 2.26. The second-order valence-electron chi connectivity index (χ2n) is 4.66. The van der Waals surface area contributed by atoms with Crippen LogP contribution in [0.4, 0.5) is 0 Å². The lowest BCUT2D eigenvalue weighted by molar-refractivity contribution is 0.0939. The van der Waals surface area contributed by atoms with E-state index in [1.807, 2.05) is 19.1 Å². The molecule has 0 aromatic heterocycles. The Morgan fingerprint density at radius 2 is 1.83 bits per heavy atom. The number of nitrogens with one attached hydrogen (secondary N) is 1. The number of benzene rings is 1. The van der Waals surface area contributed by atoms with E-state index in [0.717, 1.165) is 5.56 Å². The summed E-state index contributed by atoms with van der Waals surface area (Å²) in [5, 5.41) is 2.78. The highest BCUT2D eigenvalue weighted by Crippen LogP contribution is 2.04. The fourth-order valence-electron chi connectivity index (χ4n) is 1.48. The summed E-state index contributed by atoms with van der Waals surface area (Å²) in [6, 6.07) is 7.10. The molecule has 0 saturated heterocycles. The fraction of sp³-hybridized carbons (Fsp3) is 0.462. The maximum Gasteiger partial charge on any atom is 0.251 e. The van der Waals surface area contributed by atoms with Crippen molar-refractivity contribution in [3.8, 4) is 0 Å². The molecular weight excluding hydrogens is 250 g/mol. The van der Waals surface area contributed by atoms with E-state index in [2.05, 4.69) is 5.32 Å². The van der Waals surface area contributed by atoms with Crippen LogP contribution in [-0.2, 0) is 9.84 Å². The third kappa shape index (κ3) is 5.31. The van der Waals surface area contributed by atoms with Crippen LogP contribution in [0.5, 0.6) is 0 Å². The van der Waals surface area contributed by atoms with Gasteiger partial charge in [-0.3, -0.25) is 4.79 Å².